The van der Waals surface area contributed by atoms with Crippen LogP contribution in [0.3, 0.4) is 0 Å². The molecule has 0 aliphatic carbocycles. The topological polar surface area (TPSA) is 62.8 Å². The number of hydrogen-bond acceptors (Lipinski definition) is 5. The highest BCUT2D eigenvalue weighted by Gasteiger charge is 2.43. The highest BCUT2D eigenvalue weighted by Crippen LogP contribution is 2.38. The van der Waals surface area contributed by atoms with Crippen LogP contribution in [-0.2, 0) is 4.79 Å². The van der Waals surface area contributed by atoms with Crippen molar-refractivity contribution in [2.45, 2.75) is 44.2 Å². The summed E-state index contributed by atoms with van der Waals surface area (Å²) in [7, 11) is 1.66. The number of amides is 1. The van der Waals surface area contributed by atoms with Gasteiger partial charge in [-0.3, -0.25) is 4.79 Å². The minimum atomic E-state index is -0.00483. The zero-order chi connectivity index (χ0) is 18.7. The maximum absolute atomic E-state index is 13.0. The fourth-order valence-corrected chi connectivity index (χ4v) is 4.74. The van der Waals surface area contributed by atoms with Crippen LogP contribution < -0.4 is 20.1 Å². The third kappa shape index (κ3) is 4.06. The Kier molecular flexibility index (Phi) is 5.55. The van der Waals surface area contributed by atoms with E-state index in [4.69, 9.17) is 9.47 Å². The van der Waals surface area contributed by atoms with Crippen LogP contribution in [0.2, 0.25) is 0 Å². The van der Waals surface area contributed by atoms with Crippen LogP contribution in [0, 0.1) is 5.41 Å². The van der Waals surface area contributed by atoms with Crippen LogP contribution in [0.4, 0.5) is 0 Å². The molecular formula is C21H31N3O3. The molecule has 1 aromatic rings. The number of nitrogens with zero attached hydrogens (tertiary/aromatic N) is 1. The molecule has 0 saturated carbocycles. The summed E-state index contributed by atoms with van der Waals surface area (Å²) in [4.78, 5) is 15.0. The molecule has 0 radical (unpaired) electrons. The lowest BCUT2D eigenvalue weighted by Crippen LogP contribution is -2.48. The first-order chi connectivity index (χ1) is 13.2. The molecule has 3 aliphatic heterocycles. The number of piperidine rings is 2. The fourth-order valence-electron chi connectivity index (χ4n) is 4.74. The molecule has 3 saturated heterocycles. The number of nitrogens with one attached hydrogen (secondary N) is 2. The fraction of sp³-hybridized carbons (Fsp3) is 0.667. The lowest BCUT2D eigenvalue weighted by Gasteiger charge is -2.35. The number of carbonyl (C=O) groups is 1. The summed E-state index contributed by atoms with van der Waals surface area (Å²) in [5, 5.41) is 6.94. The molecule has 3 aliphatic rings. The summed E-state index contributed by atoms with van der Waals surface area (Å²) in [5.74, 6) is 1.83. The number of rotatable bonds is 4. The quantitative estimate of drug-likeness (QED) is 0.843. The molecule has 0 aromatic heterocycles. The lowest BCUT2D eigenvalue weighted by atomic mass is 9.77. The average Bonchev–Trinajstić information content (AvgIpc) is 3.12. The Labute approximate surface area is 161 Å². The van der Waals surface area contributed by atoms with Gasteiger partial charge in [0.15, 0.2) is 11.5 Å². The number of hydrogen-bond donors (Lipinski definition) is 2. The Morgan fingerprint density at radius 1 is 1.15 bits per heavy atom. The highest BCUT2D eigenvalue weighted by atomic mass is 16.5. The molecule has 2 N–H and O–H groups in total. The summed E-state index contributed by atoms with van der Waals surface area (Å²) in [6.07, 6.45) is 5.22. The largest absolute Gasteiger partial charge is 0.493 e. The van der Waals surface area contributed by atoms with Crippen LogP contribution in [-0.4, -0.2) is 62.8 Å². The molecule has 3 heterocycles. The predicted molar refractivity (Wildman–Crippen MR) is 104 cm³/mol. The van der Waals surface area contributed by atoms with E-state index in [0.717, 1.165) is 63.5 Å². The summed E-state index contributed by atoms with van der Waals surface area (Å²) in [5.41, 5.74) is 0.330. The Morgan fingerprint density at radius 3 is 2.56 bits per heavy atom. The van der Waals surface area contributed by atoms with Crippen LogP contribution >= 0.6 is 0 Å². The second-order valence-corrected chi connectivity index (χ2v) is 8.18. The first-order valence-electron chi connectivity index (χ1n) is 10.2. The Morgan fingerprint density at radius 2 is 1.85 bits per heavy atom. The van der Waals surface area contributed by atoms with Crippen molar-refractivity contribution < 1.29 is 14.3 Å². The molecule has 4 rings (SSSR count). The summed E-state index contributed by atoms with van der Waals surface area (Å²) in [6, 6.07) is 7.75. The van der Waals surface area contributed by atoms with Crippen molar-refractivity contribution in [2.24, 2.45) is 5.41 Å². The van der Waals surface area contributed by atoms with Crippen molar-refractivity contribution in [3.05, 3.63) is 24.3 Å². The number of para-hydroxylation sites is 2. The third-order valence-corrected chi connectivity index (χ3v) is 6.44. The van der Waals surface area contributed by atoms with Gasteiger partial charge in [0.1, 0.15) is 6.10 Å². The second-order valence-electron chi connectivity index (χ2n) is 8.18. The molecule has 6 nitrogen and oxygen atoms in total. The summed E-state index contributed by atoms with van der Waals surface area (Å²) < 4.78 is 11.5. The van der Waals surface area contributed by atoms with Crippen molar-refractivity contribution >= 4 is 5.91 Å². The summed E-state index contributed by atoms with van der Waals surface area (Å²) in [6.45, 7) is 4.68. The van der Waals surface area contributed by atoms with E-state index in [2.05, 4.69) is 10.6 Å². The molecule has 1 amide bonds. The molecule has 6 heteroatoms. The minimum absolute atomic E-state index is 0.00483. The molecule has 0 unspecified atom stereocenters. The molecule has 0 bridgehead atoms. The van der Waals surface area contributed by atoms with E-state index in [1.807, 2.05) is 29.2 Å². The lowest BCUT2D eigenvalue weighted by molar-refractivity contribution is -0.135. The molecule has 3 fully saturated rings. The van der Waals surface area contributed by atoms with E-state index in [1.54, 1.807) is 7.11 Å². The molecule has 1 spiro atoms. The van der Waals surface area contributed by atoms with Gasteiger partial charge < -0.3 is 25.0 Å². The van der Waals surface area contributed by atoms with Gasteiger partial charge in [0.25, 0.3) is 0 Å². The zero-order valence-electron chi connectivity index (χ0n) is 16.2. The van der Waals surface area contributed by atoms with Crippen molar-refractivity contribution in [1.82, 2.24) is 15.5 Å². The highest BCUT2D eigenvalue weighted by molar-refractivity contribution is 5.82. The number of methoxy groups -OCH3 is 1. The predicted octanol–water partition coefficient (Wildman–Crippen LogP) is 1.80. The first-order valence-corrected chi connectivity index (χ1v) is 10.2. The van der Waals surface area contributed by atoms with Gasteiger partial charge in [-0.2, -0.15) is 0 Å². The van der Waals surface area contributed by atoms with Crippen molar-refractivity contribution in [3.8, 4) is 11.5 Å². The van der Waals surface area contributed by atoms with Crippen molar-refractivity contribution in [2.75, 3.05) is 39.8 Å². The van der Waals surface area contributed by atoms with Gasteiger partial charge in [0.05, 0.1) is 13.2 Å². The smallest absolute Gasteiger partial charge is 0.239 e. The number of likely N-dealkylation sites (tertiary alicyclic amines) is 1. The Balaban J connectivity index is 1.28. The number of ether oxygens (including phenoxy) is 2. The van der Waals surface area contributed by atoms with Gasteiger partial charge in [-0.05, 0) is 49.9 Å². The molecule has 1 aromatic carbocycles. The van der Waals surface area contributed by atoms with Crippen LogP contribution in [0.25, 0.3) is 0 Å². The molecule has 1 atom stereocenters. The molecule has 148 valence electrons. The SMILES string of the molecule is COc1ccccc1OC1CCN(C(=O)[C@@H]2CC3(CCNCC3)CN2)CC1. The van der Waals surface area contributed by atoms with Gasteiger partial charge in [0, 0.05) is 32.5 Å². The summed E-state index contributed by atoms with van der Waals surface area (Å²) >= 11 is 0. The van der Waals surface area contributed by atoms with Crippen molar-refractivity contribution in [3.63, 3.8) is 0 Å². The average molecular weight is 373 g/mol. The minimum Gasteiger partial charge on any atom is -0.493 e. The zero-order valence-corrected chi connectivity index (χ0v) is 16.2. The van der Waals surface area contributed by atoms with E-state index >= 15 is 0 Å². The van der Waals surface area contributed by atoms with Crippen LogP contribution in [0.1, 0.15) is 32.1 Å². The molecule has 27 heavy (non-hydrogen) atoms. The molecular weight excluding hydrogens is 342 g/mol. The number of benzene rings is 1. The first kappa shape index (κ1) is 18.6. The van der Waals surface area contributed by atoms with Gasteiger partial charge in [-0.25, -0.2) is 0 Å². The van der Waals surface area contributed by atoms with E-state index in [0.29, 0.717) is 5.41 Å². The van der Waals surface area contributed by atoms with Gasteiger partial charge >= 0.3 is 0 Å². The van der Waals surface area contributed by atoms with Crippen molar-refractivity contribution in [1.29, 1.82) is 0 Å². The Hall–Kier alpha value is -1.79. The van der Waals surface area contributed by atoms with Gasteiger partial charge in [-0.15, -0.1) is 0 Å². The normalized spacial score (nSPS) is 25.5. The standard InChI is InChI=1S/C21H31N3O3/c1-26-18-4-2-3-5-19(18)27-16-6-12-24(13-7-16)20(25)17-14-21(15-23-17)8-10-22-11-9-21/h2-5,16-17,22-23H,6-15H2,1H3/t17-/m0/s1. The van der Waals surface area contributed by atoms with Crippen LogP contribution in [0.15, 0.2) is 24.3 Å². The van der Waals surface area contributed by atoms with E-state index < -0.39 is 0 Å². The van der Waals surface area contributed by atoms with Gasteiger partial charge in [-0.1, -0.05) is 12.1 Å². The maximum Gasteiger partial charge on any atom is 0.239 e. The van der Waals surface area contributed by atoms with E-state index in [-0.39, 0.29) is 18.1 Å². The monoisotopic (exact) mass is 373 g/mol. The Bertz CT molecular complexity index is 652. The van der Waals surface area contributed by atoms with Crippen LogP contribution in [0.5, 0.6) is 11.5 Å². The third-order valence-electron chi connectivity index (χ3n) is 6.44. The maximum atomic E-state index is 13.0. The van der Waals surface area contributed by atoms with E-state index in [1.165, 1.54) is 12.8 Å². The number of carbonyl (C=O) groups excluding carboxylic acids is 1. The van der Waals surface area contributed by atoms with Gasteiger partial charge in [0.2, 0.25) is 5.91 Å². The second kappa shape index (κ2) is 8.07. The van der Waals surface area contributed by atoms with E-state index in [9.17, 15) is 4.79 Å².